The summed E-state index contributed by atoms with van der Waals surface area (Å²) in [4.78, 5) is 5.02. The standard InChI is InChI=1S/C21H22N2/c1-14(2)17-12-16-10-11-21(3,4)23-19(16)18(13-17)22-20(23)15-8-6-5-7-9-15/h5-14H,1-4H3. The quantitative estimate of drug-likeness (QED) is 0.603. The van der Waals surface area contributed by atoms with Crippen molar-refractivity contribution in [2.75, 3.05) is 0 Å². The number of benzene rings is 2. The van der Waals surface area contributed by atoms with E-state index >= 15 is 0 Å². The fourth-order valence-corrected chi connectivity index (χ4v) is 3.43. The van der Waals surface area contributed by atoms with Crippen LogP contribution in [0.4, 0.5) is 0 Å². The molecule has 0 fully saturated rings. The molecule has 116 valence electrons. The smallest absolute Gasteiger partial charge is 0.141 e. The number of hydrogen-bond donors (Lipinski definition) is 0. The van der Waals surface area contributed by atoms with Crippen molar-refractivity contribution in [1.82, 2.24) is 9.55 Å². The normalized spacial score (nSPS) is 15.5. The lowest BCUT2D eigenvalue weighted by molar-refractivity contribution is 0.472. The molecule has 2 heteroatoms. The molecule has 1 aromatic heterocycles. The van der Waals surface area contributed by atoms with Gasteiger partial charge < -0.3 is 4.57 Å². The van der Waals surface area contributed by atoms with Gasteiger partial charge in [0.05, 0.1) is 16.6 Å². The summed E-state index contributed by atoms with van der Waals surface area (Å²) in [5, 5.41) is 0. The molecule has 23 heavy (non-hydrogen) atoms. The highest BCUT2D eigenvalue weighted by atomic mass is 15.1. The fraction of sp³-hybridized carbons (Fsp3) is 0.286. The molecule has 0 saturated heterocycles. The molecule has 1 aliphatic heterocycles. The van der Waals surface area contributed by atoms with Gasteiger partial charge >= 0.3 is 0 Å². The number of allylic oxidation sites excluding steroid dienone is 1. The Bertz CT molecular complexity index is 912. The van der Waals surface area contributed by atoms with Crippen LogP contribution < -0.4 is 0 Å². The van der Waals surface area contributed by atoms with Crippen LogP contribution in [0.1, 0.15) is 44.7 Å². The SMILES string of the molecule is CC(C)c1cc2c3c(c1)nc(-c1ccccc1)n3C(C)(C)C=C2. The van der Waals surface area contributed by atoms with Gasteiger partial charge in [-0.1, -0.05) is 56.3 Å². The van der Waals surface area contributed by atoms with Gasteiger partial charge in [-0.25, -0.2) is 4.98 Å². The van der Waals surface area contributed by atoms with E-state index < -0.39 is 0 Å². The van der Waals surface area contributed by atoms with Crippen LogP contribution in [-0.2, 0) is 5.54 Å². The van der Waals surface area contributed by atoms with Crippen LogP contribution in [0.2, 0.25) is 0 Å². The molecular formula is C21H22N2. The summed E-state index contributed by atoms with van der Waals surface area (Å²) in [6.07, 6.45) is 4.54. The summed E-state index contributed by atoms with van der Waals surface area (Å²) in [6, 6.07) is 15.1. The van der Waals surface area contributed by atoms with Crippen LogP contribution in [0, 0.1) is 0 Å². The lowest BCUT2D eigenvalue weighted by Gasteiger charge is -2.30. The van der Waals surface area contributed by atoms with Crippen molar-refractivity contribution in [1.29, 1.82) is 0 Å². The first kappa shape index (κ1) is 14.3. The van der Waals surface area contributed by atoms with Crippen LogP contribution in [0.25, 0.3) is 28.5 Å². The van der Waals surface area contributed by atoms with E-state index in [0.717, 1.165) is 11.3 Å². The van der Waals surface area contributed by atoms with E-state index in [4.69, 9.17) is 4.98 Å². The molecule has 0 atom stereocenters. The lowest BCUT2D eigenvalue weighted by Crippen LogP contribution is -2.26. The fourth-order valence-electron chi connectivity index (χ4n) is 3.43. The summed E-state index contributed by atoms with van der Waals surface area (Å²) in [6.45, 7) is 8.96. The molecule has 0 N–H and O–H groups in total. The monoisotopic (exact) mass is 302 g/mol. The van der Waals surface area contributed by atoms with E-state index in [1.54, 1.807) is 0 Å². The minimum absolute atomic E-state index is 0.0771. The van der Waals surface area contributed by atoms with Crippen molar-refractivity contribution in [2.24, 2.45) is 0 Å². The Kier molecular flexibility index (Phi) is 2.99. The number of nitrogens with zero attached hydrogens (tertiary/aromatic N) is 2. The van der Waals surface area contributed by atoms with Crippen molar-refractivity contribution >= 4 is 17.1 Å². The Morgan fingerprint density at radius 2 is 1.78 bits per heavy atom. The van der Waals surface area contributed by atoms with E-state index in [0.29, 0.717) is 5.92 Å². The first-order valence-electron chi connectivity index (χ1n) is 8.29. The lowest BCUT2D eigenvalue weighted by atomic mass is 9.93. The van der Waals surface area contributed by atoms with Crippen LogP contribution >= 0.6 is 0 Å². The summed E-state index contributed by atoms with van der Waals surface area (Å²) in [7, 11) is 0. The summed E-state index contributed by atoms with van der Waals surface area (Å²) in [5.41, 5.74) is 6.07. The average molecular weight is 302 g/mol. The molecule has 0 radical (unpaired) electrons. The third-order valence-electron chi connectivity index (χ3n) is 4.75. The Balaban J connectivity index is 2.09. The van der Waals surface area contributed by atoms with Crippen molar-refractivity contribution in [3.63, 3.8) is 0 Å². The summed E-state index contributed by atoms with van der Waals surface area (Å²) >= 11 is 0. The van der Waals surface area contributed by atoms with Crippen LogP contribution in [0.5, 0.6) is 0 Å². The number of rotatable bonds is 2. The van der Waals surface area contributed by atoms with E-state index in [9.17, 15) is 0 Å². The maximum atomic E-state index is 5.02. The molecule has 0 unspecified atom stereocenters. The summed E-state index contributed by atoms with van der Waals surface area (Å²) in [5.74, 6) is 1.56. The predicted molar refractivity (Wildman–Crippen MR) is 97.6 cm³/mol. The third-order valence-corrected chi connectivity index (χ3v) is 4.75. The van der Waals surface area contributed by atoms with Crippen LogP contribution in [-0.4, -0.2) is 9.55 Å². The van der Waals surface area contributed by atoms with Gasteiger partial charge in [-0.05, 0) is 37.5 Å². The highest BCUT2D eigenvalue weighted by Crippen LogP contribution is 2.39. The highest BCUT2D eigenvalue weighted by molar-refractivity contribution is 5.91. The predicted octanol–water partition coefficient (Wildman–Crippen LogP) is 5.59. The Labute approximate surface area is 137 Å². The molecule has 0 aliphatic carbocycles. The van der Waals surface area contributed by atoms with Crippen molar-refractivity contribution < 1.29 is 0 Å². The van der Waals surface area contributed by atoms with Gasteiger partial charge in [0, 0.05) is 11.1 Å². The number of aromatic nitrogens is 2. The number of imidazole rings is 1. The topological polar surface area (TPSA) is 17.8 Å². The maximum Gasteiger partial charge on any atom is 0.141 e. The third kappa shape index (κ3) is 2.13. The maximum absolute atomic E-state index is 5.02. The van der Waals surface area contributed by atoms with E-state index in [2.05, 4.69) is 86.9 Å². The first-order valence-corrected chi connectivity index (χ1v) is 8.29. The van der Waals surface area contributed by atoms with Gasteiger partial charge in [-0.2, -0.15) is 0 Å². The summed E-state index contributed by atoms with van der Waals surface area (Å²) < 4.78 is 2.39. The molecule has 2 heterocycles. The molecular weight excluding hydrogens is 280 g/mol. The zero-order chi connectivity index (χ0) is 16.2. The van der Waals surface area contributed by atoms with E-state index in [1.165, 1.54) is 22.2 Å². The molecule has 3 aromatic rings. The first-order chi connectivity index (χ1) is 11.0. The Morgan fingerprint density at radius 1 is 1.04 bits per heavy atom. The molecule has 4 rings (SSSR count). The molecule has 2 aromatic carbocycles. The second-order valence-corrected chi connectivity index (χ2v) is 7.26. The van der Waals surface area contributed by atoms with Gasteiger partial charge in [0.15, 0.2) is 0 Å². The molecule has 2 nitrogen and oxygen atoms in total. The Hall–Kier alpha value is -2.35. The largest absolute Gasteiger partial charge is 0.314 e. The van der Waals surface area contributed by atoms with E-state index in [1.807, 2.05) is 0 Å². The Morgan fingerprint density at radius 3 is 2.48 bits per heavy atom. The average Bonchev–Trinajstić information content (AvgIpc) is 2.93. The molecule has 0 spiro atoms. The minimum atomic E-state index is -0.0771. The van der Waals surface area contributed by atoms with Gasteiger partial charge in [0.25, 0.3) is 0 Å². The van der Waals surface area contributed by atoms with Crippen LogP contribution in [0.3, 0.4) is 0 Å². The van der Waals surface area contributed by atoms with Gasteiger partial charge in [0.1, 0.15) is 5.82 Å². The van der Waals surface area contributed by atoms with Crippen molar-refractivity contribution in [3.05, 3.63) is 59.7 Å². The van der Waals surface area contributed by atoms with Gasteiger partial charge in [-0.15, -0.1) is 0 Å². The van der Waals surface area contributed by atoms with Crippen molar-refractivity contribution in [2.45, 2.75) is 39.2 Å². The molecule has 1 aliphatic rings. The second-order valence-electron chi connectivity index (χ2n) is 7.26. The van der Waals surface area contributed by atoms with Crippen molar-refractivity contribution in [3.8, 4) is 11.4 Å². The zero-order valence-electron chi connectivity index (χ0n) is 14.2. The second kappa shape index (κ2) is 4.82. The molecule has 0 bridgehead atoms. The van der Waals surface area contributed by atoms with Crippen LogP contribution in [0.15, 0.2) is 48.5 Å². The van der Waals surface area contributed by atoms with Gasteiger partial charge in [-0.3, -0.25) is 0 Å². The number of hydrogen-bond acceptors (Lipinski definition) is 1. The zero-order valence-corrected chi connectivity index (χ0v) is 14.2. The molecule has 0 saturated carbocycles. The highest BCUT2D eigenvalue weighted by Gasteiger charge is 2.28. The minimum Gasteiger partial charge on any atom is -0.314 e. The molecule has 0 amide bonds. The van der Waals surface area contributed by atoms with Gasteiger partial charge in [0.2, 0.25) is 0 Å². The van der Waals surface area contributed by atoms with E-state index in [-0.39, 0.29) is 5.54 Å².